The van der Waals surface area contributed by atoms with Crippen molar-refractivity contribution in [3.8, 4) is 5.75 Å². The molecule has 0 spiro atoms. The van der Waals surface area contributed by atoms with Crippen LogP contribution in [0.15, 0.2) is 30.3 Å². The zero-order valence-electron chi connectivity index (χ0n) is 7.36. The summed E-state index contributed by atoms with van der Waals surface area (Å²) in [7, 11) is 0. The van der Waals surface area contributed by atoms with Gasteiger partial charge >= 0.3 is 0 Å². The molecule has 0 aromatic heterocycles. The van der Waals surface area contributed by atoms with Gasteiger partial charge < -0.3 is 10.5 Å². The summed E-state index contributed by atoms with van der Waals surface area (Å²) in [5.41, 5.74) is 5.58. The van der Waals surface area contributed by atoms with Gasteiger partial charge in [0.2, 0.25) is 0 Å². The Morgan fingerprint density at radius 3 is 2.58 bits per heavy atom. The Hall–Kier alpha value is -1.02. The molecule has 0 heterocycles. The molecule has 0 bridgehead atoms. The predicted octanol–water partition coefficient (Wildman–Crippen LogP) is 1.80. The Bertz CT molecular complexity index is 208. The number of para-hydroxylation sites is 1. The maximum absolute atomic E-state index is 5.58. The van der Waals surface area contributed by atoms with E-state index in [1.807, 2.05) is 37.3 Å². The molecule has 1 unspecified atom stereocenters. The van der Waals surface area contributed by atoms with Gasteiger partial charge in [-0.1, -0.05) is 18.2 Å². The second kappa shape index (κ2) is 4.78. The first-order valence-electron chi connectivity index (χ1n) is 4.22. The van der Waals surface area contributed by atoms with Crippen LogP contribution in [0.5, 0.6) is 5.75 Å². The van der Waals surface area contributed by atoms with Gasteiger partial charge in [0.05, 0.1) is 6.61 Å². The second-order valence-electron chi connectivity index (χ2n) is 2.93. The molecule has 0 saturated heterocycles. The molecule has 0 aliphatic rings. The number of benzene rings is 1. The van der Waals surface area contributed by atoms with Crippen LogP contribution < -0.4 is 10.5 Å². The van der Waals surface area contributed by atoms with E-state index in [9.17, 15) is 0 Å². The minimum Gasteiger partial charge on any atom is -0.494 e. The van der Waals surface area contributed by atoms with Crippen molar-refractivity contribution in [2.45, 2.75) is 19.4 Å². The van der Waals surface area contributed by atoms with Crippen molar-refractivity contribution in [1.29, 1.82) is 0 Å². The topological polar surface area (TPSA) is 35.2 Å². The standard InChI is InChI=1S/C10H15NO/c1-9(11)7-8-12-10-5-3-2-4-6-10/h2-6,9H,7-8,11H2,1H3. The quantitative estimate of drug-likeness (QED) is 0.738. The smallest absolute Gasteiger partial charge is 0.119 e. The first kappa shape index (κ1) is 9.07. The Morgan fingerprint density at radius 2 is 2.00 bits per heavy atom. The van der Waals surface area contributed by atoms with Crippen LogP contribution in [-0.2, 0) is 0 Å². The van der Waals surface area contributed by atoms with Gasteiger partial charge in [0.25, 0.3) is 0 Å². The molecule has 2 heteroatoms. The van der Waals surface area contributed by atoms with E-state index >= 15 is 0 Å². The molecular formula is C10H15NO. The van der Waals surface area contributed by atoms with Crippen molar-refractivity contribution in [3.05, 3.63) is 30.3 Å². The van der Waals surface area contributed by atoms with Gasteiger partial charge in [-0.3, -0.25) is 0 Å². The molecule has 0 aliphatic carbocycles. The van der Waals surface area contributed by atoms with E-state index in [1.54, 1.807) is 0 Å². The zero-order chi connectivity index (χ0) is 8.81. The van der Waals surface area contributed by atoms with E-state index in [4.69, 9.17) is 10.5 Å². The largest absolute Gasteiger partial charge is 0.494 e. The summed E-state index contributed by atoms with van der Waals surface area (Å²) < 4.78 is 5.44. The third-order valence-corrected chi connectivity index (χ3v) is 1.59. The fourth-order valence-corrected chi connectivity index (χ4v) is 0.879. The average Bonchev–Trinajstić information content (AvgIpc) is 2.05. The van der Waals surface area contributed by atoms with Crippen LogP contribution in [0.4, 0.5) is 0 Å². The van der Waals surface area contributed by atoms with Gasteiger partial charge in [-0.05, 0) is 25.5 Å². The Kier molecular flexibility index (Phi) is 3.61. The Morgan fingerprint density at radius 1 is 1.33 bits per heavy atom. The lowest BCUT2D eigenvalue weighted by Gasteiger charge is -2.07. The zero-order valence-corrected chi connectivity index (χ0v) is 7.36. The third-order valence-electron chi connectivity index (χ3n) is 1.59. The van der Waals surface area contributed by atoms with E-state index in [0.717, 1.165) is 12.2 Å². The fraction of sp³-hybridized carbons (Fsp3) is 0.400. The molecule has 1 rings (SSSR count). The van der Waals surface area contributed by atoms with Crippen molar-refractivity contribution in [1.82, 2.24) is 0 Å². The molecule has 0 saturated carbocycles. The van der Waals surface area contributed by atoms with Gasteiger partial charge in [0.1, 0.15) is 5.75 Å². The van der Waals surface area contributed by atoms with Crippen molar-refractivity contribution < 1.29 is 4.74 Å². The number of hydrogen-bond acceptors (Lipinski definition) is 2. The number of hydrogen-bond donors (Lipinski definition) is 1. The number of nitrogens with two attached hydrogens (primary N) is 1. The van der Waals surface area contributed by atoms with Gasteiger partial charge in [0.15, 0.2) is 0 Å². The molecule has 0 fully saturated rings. The van der Waals surface area contributed by atoms with Crippen molar-refractivity contribution >= 4 is 0 Å². The summed E-state index contributed by atoms with van der Waals surface area (Å²) in [6, 6.07) is 10.00. The van der Waals surface area contributed by atoms with Crippen molar-refractivity contribution in [2.75, 3.05) is 6.61 Å². The summed E-state index contributed by atoms with van der Waals surface area (Å²) in [5, 5.41) is 0. The van der Waals surface area contributed by atoms with Crippen LogP contribution in [0.3, 0.4) is 0 Å². The molecule has 1 aromatic rings. The fourth-order valence-electron chi connectivity index (χ4n) is 0.879. The van der Waals surface area contributed by atoms with Crippen LogP contribution in [-0.4, -0.2) is 12.6 Å². The monoisotopic (exact) mass is 165 g/mol. The van der Waals surface area contributed by atoms with Gasteiger partial charge in [-0.25, -0.2) is 0 Å². The summed E-state index contributed by atoms with van der Waals surface area (Å²) in [6.07, 6.45) is 0.898. The van der Waals surface area contributed by atoms with Crippen LogP contribution in [0, 0.1) is 0 Å². The minimum atomic E-state index is 0.216. The molecule has 2 nitrogen and oxygen atoms in total. The Labute approximate surface area is 73.3 Å². The molecule has 0 radical (unpaired) electrons. The highest BCUT2D eigenvalue weighted by molar-refractivity contribution is 5.20. The van der Waals surface area contributed by atoms with Crippen LogP contribution in [0.25, 0.3) is 0 Å². The molecule has 0 aliphatic heterocycles. The molecule has 66 valence electrons. The lowest BCUT2D eigenvalue weighted by molar-refractivity contribution is 0.301. The van der Waals surface area contributed by atoms with Crippen molar-refractivity contribution in [2.24, 2.45) is 5.73 Å². The van der Waals surface area contributed by atoms with Crippen molar-refractivity contribution in [3.63, 3.8) is 0 Å². The maximum Gasteiger partial charge on any atom is 0.119 e. The molecule has 2 N–H and O–H groups in total. The molecule has 1 aromatic carbocycles. The van der Waals surface area contributed by atoms with Crippen LogP contribution in [0.2, 0.25) is 0 Å². The Balaban J connectivity index is 2.25. The van der Waals surface area contributed by atoms with Crippen LogP contribution >= 0.6 is 0 Å². The average molecular weight is 165 g/mol. The lowest BCUT2D eigenvalue weighted by Crippen LogP contribution is -2.18. The van der Waals surface area contributed by atoms with Gasteiger partial charge in [-0.2, -0.15) is 0 Å². The SMILES string of the molecule is CC(N)CCOc1ccccc1. The maximum atomic E-state index is 5.58. The highest BCUT2D eigenvalue weighted by Gasteiger charge is 1.94. The summed E-state index contributed by atoms with van der Waals surface area (Å²) in [6.45, 7) is 2.68. The molecular weight excluding hydrogens is 150 g/mol. The van der Waals surface area contributed by atoms with E-state index in [1.165, 1.54) is 0 Å². The predicted molar refractivity (Wildman–Crippen MR) is 50.2 cm³/mol. The normalized spacial score (nSPS) is 12.5. The summed E-state index contributed by atoms with van der Waals surface area (Å²) in [4.78, 5) is 0. The second-order valence-corrected chi connectivity index (χ2v) is 2.93. The highest BCUT2D eigenvalue weighted by Crippen LogP contribution is 2.08. The van der Waals surface area contributed by atoms with E-state index in [0.29, 0.717) is 6.61 Å². The van der Waals surface area contributed by atoms with E-state index < -0.39 is 0 Å². The summed E-state index contributed by atoms with van der Waals surface area (Å²) >= 11 is 0. The van der Waals surface area contributed by atoms with E-state index in [-0.39, 0.29) is 6.04 Å². The first-order valence-corrected chi connectivity index (χ1v) is 4.22. The highest BCUT2D eigenvalue weighted by atomic mass is 16.5. The van der Waals surface area contributed by atoms with Gasteiger partial charge in [0, 0.05) is 6.04 Å². The first-order chi connectivity index (χ1) is 5.79. The molecule has 1 atom stereocenters. The number of rotatable bonds is 4. The third kappa shape index (κ3) is 3.39. The van der Waals surface area contributed by atoms with E-state index in [2.05, 4.69) is 0 Å². The minimum absolute atomic E-state index is 0.216. The lowest BCUT2D eigenvalue weighted by atomic mass is 10.3. The van der Waals surface area contributed by atoms with Gasteiger partial charge in [-0.15, -0.1) is 0 Å². The number of ether oxygens (including phenoxy) is 1. The molecule has 0 amide bonds. The van der Waals surface area contributed by atoms with Crippen LogP contribution in [0.1, 0.15) is 13.3 Å². The molecule has 12 heavy (non-hydrogen) atoms. The summed E-state index contributed by atoms with van der Waals surface area (Å²) in [5.74, 6) is 0.915.